The van der Waals surface area contributed by atoms with Crippen LogP contribution in [0.4, 0.5) is 5.69 Å². The van der Waals surface area contributed by atoms with Crippen molar-refractivity contribution in [2.75, 3.05) is 0 Å². The second-order valence-corrected chi connectivity index (χ2v) is 6.10. The predicted molar refractivity (Wildman–Crippen MR) is 84.9 cm³/mol. The number of aromatic hydroxyl groups is 1. The number of phenolic OH excluding ortho intramolecular Hbond substituents is 1. The molecule has 2 nitrogen and oxygen atoms in total. The molecule has 2 aromatic carbocycles. The van der Waals surface area contributed by atoms with E-state index in [9.17, 15) is 5.11 Å². The number of halogens is 3. The Morgan fingerprint density at radius 1 is 0.944 bits per heavy atom. The summed E-state index contributed by atoms with van der Waals surface area (Å²) in [7, 11) is 0. The largest absolute Gasteiger partial charge is 0.506 e. The Bertz CT molecular complexity index is 588. The van der Waals surface area contributed by atoms with Gasteiger partial charge in [-0.15, -0.1) is 0 Å². The molecule has 2 rings (SSSR count). The van der Waals surface area contributed by atoms with E-state index in [1.807, 2.05) is 24.3 Å². The van der Waals surface area contributed by atoms with Gasteiger partial charge < -0.3 is 5.11 Å². The van der Waals surface area contributed by atoms with E-state index < -0.39 is 0 Å². The summed E-state index contributed by atoms with van der Waals surface area (Å²) in [4.78, 5) is 4.37. The molecule has 0 aliphatic rings. The first-order valence-electron chi connectivity index (χ1n) is 5.04. The molecule has 0 aliphatic carbocycles. The molecule has 0 amide bonds. The molecule has 18 heavy (non-hydrogen) atoms. The number of phenols is 1. The highest BCUT2D eigenvalue weighted by molar-refractivity contribution is 9.11. The lowest BCUT2D eigenvalue weighted by atomic mass is 10.2. The monoisotopic (exact) mass is 431 g/mol. The van der Waals surface area contributed by atoms with E-state index in [-0.39, 0.29) is 5.75 Å². The fraction of sp³-hybridized carbons (Fsp3) is 0. The van der Waals surface area contributed by atoms with E-state index in [4.69, 9.17) is 0 Å². The zero-order valence-electron chi connectivity index (χ0n) is 9.07. The Morgan fingerprint density at radius 2 is 1.56 bits per heavy atom. The van der Waals surface area contributed by atoms with Gasteiger partial charge in [0.15, 0.2) is 0 Å². The van der Waals surface area contributed by atoms with Gasteiger partial charge in [-0.05, 0) is 50.1 Å². The summed E-state index contributed by atoms with van der Waals surface area (Å²) < 4.78 is 2.21. The molecule has 0 spiro atoms. The second-order valence-electron chi connectivity index (χ2n) is 3.54. The first kappa shape index (κ1) is 13.8. The van der Waals surface area contributed by atoms with E-state index in [1.54, 1.807) is 18.3 Å². The summed E-state index contributed by atoms with van der Waals surface area (Å²) >= 11 is 10.0. The minimum absolute atomic E-state index is 0.176. The molecule has 1 N–H and O–H groups in total. The lowest BCUT2D eigenvalue weighted by molar-refractivity contribution is 0.468. The van der Waals surface area contributed by atoms with Crippen LogP contribution in [0.5, 0.6) is 5.75 Å². The quantitative estimate of drug-likeness (QED) is 0.629. The van der Waals surface area contributed by atoms with Crippen LogP contribution in [0.2, 0.25) is 0 Å². The van der Waals surface area contributed by atoms with Crippen molar-refractivity contribution in [1.82, 2.24) is 0 Å². The molecule has 0 saturated heterocycles. The van der Waals surface area contributed by atoms with Crippen LogP contribution in [0.15, 0.2) is 54.8 Å². The van der Waals surface area contributed by atoms with E-state index in [0.29, 0.717) is 8.95 Å². The Hall–Kier alpha value is -0.650. The SMILES string of the molecule is Oc1c(Br)cc(N=Cc2ccccc2Br)cc1Br. The van der Waals surface area contributed by atoms with Gasteiger partial charge in [-0.2, -0.15) is 0 Å². The fourth-order valence-electron chi connectivity index (χ4n) is 1.35. The summed E-state index contributed by atoms with van der Waals surface area (Å²) in [5, 5.41) is 9.61. The lowest BCUT2D eigenvalue weighted by Gasteiger charge is -2.02. The zero-order chi connectivity index (χ0) is 13.1. The summed E-state index contributed by atoms with van der Waals surface area (Å²) in [5.41, 5.74) is 1.75. The van der Waals surface area contributed by atoms with Gasteiger partial charge in [-0.1, -0.05) is 34.1 Å². The molecule has 0 fully saturated rings. The molecular formula is C13H8Br3NO. The molecule has 0 aromatic heterocycles. The van der Waals surface area contributed by atoms with Crippen LogP contribution < -0.4 is 0 Å². The van der Waals surface area contributed by atoms with Gasteiger partial charge in [0, 0.05) is 16.3 Å². The van der Waals surface area contributed by atoms with Crippen molar-refractivity contribution in [1.29, 1.82) is 0 Å². The van der Waals surface area contributed by atoms with Crippen molar-refractivity contribution >= 4 is 59.7 Å². The molecule has 0 unspecified atom stereocenters. The van der Waals surface area contributed by atoms with Crippen molar-refractivity contribution in [3.63, 3.8) is 0 Å². The van der Waals surface area contributed by atoms with Crippen LogP contribution in [0.3, 0.4) is 0 Å². The maximum Gasteiger partial charge on any atom is 0.144 e. The highest BCUT2D eigenvalue weighted by Gasteiger charge is 2.04. The molecule has 5 heteroatoms. The van der Waals surface area contributed by atoms with Crippen LogP contribution in [-0.4, -0.2) is 11.3 Å². The zero-order valence-corrected chi connectivity index (χ0v) is 13.8. The highest BCUT2D eigenvalue weighted by Crippen LogP contribution is 2.36. The average molecular weight is 434 g/mol. The minimum Gasteiger partial charge on any atom is -0.506 e. The molecule has 0 aliphatic heterocycles. The van der Waals surface area contributed by atoms with Crippen molar-refractivity contribution < 1.29 is 5.11 Å². The molecule has 0 saturated carbocycles. The van der Waals surface area contributed by atoms with Gasteiger partial charge >= 0.3 is 0 Å². The van der Waals surface area contributed by atoms with Crippen LogP contribution >= 0.6 is 47.8 Å². The van der Waals surface area contributed by atoms with Crippen LogP contribution in [0.25, 0.3) is 0 Å². The Labute approximate surface area is 130 Å². The van der Waals surface area contributed by atoms with Gasteiger partial charge in [0.25, 0.3) is 0 Å². The average Bonchev–Trinajstić information content (AvgIpc) is 2.35. The predicted octanol–water partition coefficient (Wildman–Crippen LogP) is 5.43. The van der Waals surface area contributed by atoms with E-state index >= 15 is 0 Å². The number of hydrogen-bond donors (Lipinski definition) is 1. The fourth-order valence-corrected chi connectivity index (χ4v) is 2.90. The smallest absolute Gasteiger partial charge is 0.144 e. The molecule has 0 atom stereocenters. The third-order valence-electron chi connectivity index (χ3n) is 2.26. The third-order valence-corrected chi connectivity index (χ3v) is 4.19. The maximum absolute atomic E-state index is 9.61. The van der Waals surface area contributed by atoms with Gasteiger partial charge in [0.2, 0.25) is 0 Å². The van der Waals surface area contributed by atoms with Crippen molar-refractivity contribution in [2.24, 2.45) is 4.99 Å². The summed E-state index contributed by atoms with van der Waals surface area (Å²) in [6.07, 6.45) is 1.77. The van der Waals surface area contributed by atoms with Gasteiger partial charge in [0.1, 0.15) is 5.75 Å². The Kier molecular flexibility index (Phi) is 4.59. The number of hydrogen-bond acceptors (Lipinski definition) is 2. The first-order chi connectivity index (χ1) is 8.58. The minimum atomic E-state index is 0.176. The summed E-state index contributed by atoms with van der Waals surface area (Å²) in [5.74, 6) is 0.176. The molecule has 0 heterocycles. The molecule has 0 radical (unpaired) electrons. The van der Waals surface area contributed by atoms with Crippen molar-refractivity contribution in [3.8, 4) is 5.75 Å². The number of nitrogens with zero attached hydrogens (tertiary/aromatic N) is 1. The number of aliphatic imine (C=N–C) groups is 1. The van der Waals surface area contributed by atoms with E-state index in [0.717, 1.165) is 15.7 Å². The standard InChI is InChI=1S/C13H8Br3NO/c14-10-4-2-1-3-8(10)7-17-9-5-11(15)13(18)12(16)6-9/h1-7,18H. The molecule has 0 bridgehead atoms. The highest BCUT2D eigenvalue weighted by atomic mass is 79.9. The van der Waals surface area contributed by atoms with Crippen molar-refractivity contribution in [2.45, 2.75) is 0 Å². The van der Waals surface area contributed by atoms with Crippen molar-refractivity contribution in [3.05, 3.63) is 55.4 Å². The maximum atomic E-state index is 9.61. The van der Waals surface area contributed by atoms with Crippen LogP contribution in [-0.2, 0) is 0 Å². The third kappa shape index (κ3) is 3.22. The number of benzene rings is 2. The van der Waals surface area contributed by atoms with Gasteiger partial charge in [-0.25, -0.2) is 0 Å². The molecular weight excluding hydrogens is 426 g/mol. The molecule has 92 valence electrons. The summed E-state index contributed by atoms with van der Waals surface area (Å²) in [6.45, 7) is 0. The Morgan fingerprint density at radius 3 is 2.17 bits per heavy atom. The second kappa shape index (κ2) is 5.99. The van der Waals surface area contributed by atoms with E-state index in [1.165, 1.54) is 0 Å². The van der Waals surface area contributed by atoms with Crippen LogP contribution in [0, 0.1) is 0 Å². The normalized spacial score (nSPS) is 11.1. The number of rotatable bonds is 2. The molecule has 2 aromatic rings. The van der Waals surface area contributed by atoms with Crippen LogP contribution in [0.1, 0.15) is 5.56 Å². The Balaban J connectivity index is 2.33. The van der Waals surface area contributed by atoms with Gasteiger partial charge in [-0.3, -0.25) is 4.99 Å². The first-order valence-corrected chi connectivity index (χ1v) is 7.42. The topological polar surface area (TPSA) is 32.6 Å². The summed E-state index contributed by atoms with van der Waals surface area (Å²) in [6, 6.07) is 11.4. The lowest BCUT2D eigenvalue weighted by Crippen LogP contribution is -1.82. The van der Waals surface area contributed by atoms with E-state index in [2.05, 4.69) is 52.8 Å². The van der Waals surface area contributed by atoms with Gasteiger partial charge in [0.05, 0.1) is 14.6 Å².